The molecule has 3 aliphatic rings. The van der Waals surface area contributed by atoms with Crippen LogP contribution in [0.4, 0.5) is 4.79 Å². The van der Waals surface area contributed by atoms with E-state index >= 15 is 0 Å². The van der Waals surface area contributed by atoms with E-state index in [1.165, 1.54) is 40.3 Å². The second-order valence-electron chi connectivity index (χ2n) is 19.6. The minimum absolute atomic E-state index is 0.185. The van der Waals surface area contributed by atoms with Crippen LogP contribution in [0.25, 0.3) is 39.1 Å². The number of tetrazole rings is 1. The number of fused-ring (bicyclic) bond motifs is 3. The Morgan fingerprint density at radius 2 is 1.59 bits per heavy atom. The summed E-state index contributed by atoms with van der Waals surface area (Å²) in [6, 6.07) is 33.0. The van der Waals surface area contributed by atoms with Gasteiger partial charge < -0.3 is 18.9 Å². The number of nitrogens with zero attached hydrogens (tertiary/aromatic N) is 8. The van der Waals surface area contributed by atoms with Crippen molar-refractivity contribution >= 4 is 40.3 Å². The molecule has 11 rings (SSSR count). The summed E-state index contributed by atoms with van der Waals surface area (Å²) in [6.45, 7) is 6.82. The highest BCUT2D eigenvalue weighted by atomic mass is 35.5. The molecule has 1 atom stereocenters. The van der Waals surface area contributed by atoms with Crippen molar-refractivity contribution in [1.29, 1.82) is 0 Å². The summed E-state index contributed by atoms with van der Waals surface area (Å²) in [4.78, 5) is 43.1. The lowest BCUT2D eigenvalue weighted by atomic mass is 9.88. The van der Waals surface area contributed by atoms with Crippen LogP contribution in [-0.4, -0.2) is 89.3 Å². The number of imidazole rings is 1. The van der Waals surface area contributed by atoms with Gasteiger partial charge in [-0.05, 0) is 156 Å². The van der Waals surface area contributed by atoms with Gasteiger partial charge in [-0.3, -0.25) is 19.4 Å². The van der Waals surface area contributed by atoms with Crippen LogP contribution in [0.3, 0.4) is 0 Å². The number of aryl methyl sites for hydroxylation is 2. The van der Waals surface area contributed by atoms with Gasteiger partial charge in [0.1, 0.15) is 6.10 Å². The molecule has 2 aliphatic carbocycles. The monoisotopic (exact) mass is 1020 g/mol. The molecule has 2 fully saturated rings. The maximum absolute atomic E-state index is 13.7. The molecular weight excluding hydrogens is 966 g/mol. The molecule has 1 aliphatic heterocycles. The first-order valence-corrected chi connectivity index (χ1v) is 26.4. The minimum Gasteiger partial charge on any atom is -0.465 e. The zero-order valence-electron chi connectivity index (χ0n) is 42.1. The molecule has 15 nitrogen and oxygen atoms in total. The lowest BCUT2D eigenvalue weighted by molar-refractivity contribution is -0.0914. The Bertz CT molecular complexity index is 3380. The fraction of sp³-hybridized carbons (Fsp3) is 0.322. The topological polar surface area (TPSA) is 172 Å². The Kier molecular flexibility index (Phi) is 14.8. The predicted molar refractivity (Wildman–Crippen MR) is 285 cm³/mol. The van der Waals surface area contributed by atoms with Gasteiger partial charge in [0.2, 0.25) is 12.1 Å². The molecule has 16 heteroatoms. The van der Waals surface area contributed by atoms with Crippen molar-refractivity contribution in [3.8, 4) is 28.5 Å². The Labute approximate surface area is 440 Å². The van der Waals surface area contributed by atoms with Gasteiger partial charge in [-0.1, -0.05) is 84.3 Å². The quantitative estimate of drug-likeness (QED) is 0.0806. The summed E-state index contributed by atoms with van der Waals surface area (Å²) in [5.41, 5.74) is 16.2. The van der Waals surface area contributed by atoms with Gasteiger partial charge in [0.15, 0.2) is 0 Å². The zero-order chi connectivity index (χ0) is 51.3. The highest BCUT2D eigenvalue weighted by Crippen LogP contribution is 2.39. The molecule has 1 unspecified atom stereocenters. The van der Waals surface area contributed by atoms with E-state index in [-0.39, 0.29) is 11.7 Å². The molecule has 4 aromatic carbocycles. The number of likely N-dealkylation sites (tertiary alicyclic amines) is 1. The van der Waals surface area contributed by atoms with E-state index in [1.54, 1.807) is 12.1 Å². The highest BCUT2D eigenvalue weighted by molar-refractivity contribution is 6.30. The molecule has 382 valence electrons. The molecule has 1 saturated heterocycles. The number of H-pyrrole nitrogens is 1. The predicted octanol–water partition coefficient (Wildman–Crippen LogP) is 11.5. The first-order chi connectivity index (χ1) is 36.7. The number of benzene rings is 4. The SMILES string of the molecule is CCOc1nc2cccc(C(=O)OC(C)OC(=O)OC3CCCCC3)c2n1Cc1ccc(-c2ccc(Cc3cncc(CN4CCC(=C5c6ccc(Cl)cc6CCc6cccnc65)CC4)c3)cc2-c2nn[nH]n2)cc1. The second kappa shape index (κ2) is 22.4. The number of nitrogens with one attached hydrogen (secondary N) is 1. The third-order valence-corrected chi connectivity index (χ3v) is 14.7. The average molecular weight is 1020 g/mol. The van der Waals surface area contributed by atoms with Crippen molar-refractivity contribution < 1.29 is 28.5 Å². The van der Waals surface area contributed by atoms with Crippen LogP contribution in [0.5, 0.6) is 6.01 Å². The number of hydrogen-bond donors (Lipinski definition) is 1. The fourth-order valence-electron chi connectivity index (χ4n) is 10.9. The number of piperidine rings is 1. The summed E-state index contributed by atoms with van der Waals surface area (Å²) in [5.74, 6) is -0.178. The van der Waals surface area contributed by atoms with E-state index in [1.807, 2.05) is 60.4 Å². The van der Waals surface area contributed by atoms with Crippen molar-refractivity contribution in [2.45, 2.75) is 104 Å². The number of carbonyl (C=O) groups is 2. The zero-order valence-corrected chi connectivity index (χ0v) is 42.9. The number of carbonyl (C=O) groups excluding carboxylic acids is 2. The first kappa shape index (κ1) is 49.5. The molecule has 8 aromatic rings. The van der Waals surface area contributed by atoms with E-state index in [4.69, 9.17) is 45.5 Å². The standard InChI is InChI=1S/C59H58ClN9O6/c1-3-72-58-63-52-13-7-12-50(57(70)73-37(2)74-59(71)75-47-10-5-4-6-11-47)55(52)69(58)36-38-14-17-42(18-15-38)48-22-16-39(31-51(48)56-64-66-67-65-56)29-40-30-41(34-61-33-40)35-68-27-24-43(25-28-68)53-49-23-21-46(60)32-45(49)20-19-44-9-8-26-62-54(44)53/h7-9,12-18,21-23,26,30-34,37,47H,3-6,10-11,19-20,24-25,27-29,35-36H2,1-2H3,(H,64,65,66,67). The lowest BCUT2D eigenvalue weighted by Crippen LogP contribution is -2.30. The maximum atomic E-state index is 13.7. The van der Waals surface area contributed by atoms with Crippen molar-refractivity contribution in [2.75, 3.05) is 19.7 Å². The number of aromatic amines is 1. The number of esters is 1. The van der Waals surface area contributed by atoms with E-state index in [0.717, 1.165) is 122 Å². The Morgan fingerprint density at radius 3 is 2.40 bits per heavy atom. The van der Waals surface area contributed by atoms with Crippen molar-refractivity contribution in [2.24, 2.45) is 0 Å². The summed E-state index contributed by atoms with van der Waals surface area (Å²) >= 11 is 6.49. The number of ether oxygens (including phenoxy) is 4. The van der Waals surface area contributed by atoms with Crippen LogP contribution < -0.4 is 4.74 Å². The van der Waals surface area contributed by atoms with Crippen molar-refractivity contribution in [3.05, 3.63) is 176 Å². The number of hydrogen-bond acceptors (Lipinski definition) is 13. The van der Waals surface area contributed by atoms with Gasteiger partial charge in [-0.25, -0.2) is 9.59 Å². The molecule has 0 spiro atoms. The molecule has 1 N–H and O–H groups in total. The number of halogens is 1. The van der Waals surface area contributed by atoms with Gasteiger partial charge >= 0.3 is 12.1 Å². The van der Waals surface area contributed by atoms with Crippen LogP contribution >= 0.6 is 11.6 Å². The Hall–Kier alpha value is -7.75. The summed E-state index contributed by atoms with van der Waals surface area (Å²) < 4.78 is 24.3. The molecular formula is C59H58ClN9O6. The Balaban J connectivity index is 0.776. The van der Waals surface area contributed by atoms with Gasteiger partial charge in [0, 0.05) is 61.3 Å². The smallest absolute Gasteiger partial charge is 0.465 e. The second-order valence-corrected chi connectivity index (χ2v) is 20.0. The van der Waals surface area contributed by atoms with Crippen LogP contribution in [0.1, 0.15) is 114 Å². The van der Waals surface area contributed by atoms with Crippen LogP contribution in [-0.2, 0) is 46.6 Å². The number of aromatic nitrogens is 8. The highest BCUT2D eigenvalue weighted by Gasteiger charge is 2.28. The largest absolute Gasteiger partial charge is 0.511 e. The number of pyridine rings is 2. The van der Waals surface area contributed by atoms with E-state index in [2.05, 4.69) is 80.1 Å². The summed E-state index contributed by atoms with van der Waals surface area (Å²) in [5, 5.41) is 16.1. The molecule has 75 heavy (non-hydrogen) atoms. The Morgan fingerprint density at radius 1 is 0.787 bits per heavy atom. The molecule has 5 heterocycles. The number of para-hydroxylation sites is 1. The van der Waals surface area contributed by atoms with Crippen LogP contribution in [0.2, 0.25) is 5.02 Å². The third-order valence-electron chi connectivity index (χ3n) is 14.5. The summed E-state index contributed by atoms with van der Waals surface area (Å²) in [7, 11) is 0. The minimum atomic E-state index is -1.17. The number of rotatable bonds is 14. The van der Waals surface area contributed by atoms with Gasteiger partial charge in [0.25, 0.3) is 6.01 Å². The van der Waals surface area contributed by atoms with Crippen LogP contribution in [0.15, 0.2) is 121 Å². The van der Waals surface area contributed by atoms with E-state index < -0.39 is 18.4 Å². The normalized spacial score (nSPS) is 15.5. The van der Waals surface area contributed by atoms with Crippen molar-refractivity contribution in [3.63, 3.8) is 0 Å². The lowest BCUT2D eigenvalue weighted by Gasteiger charge is -2.30. The third kappa shape index (κ3) is 11.2. The van der Waals surface area contributed by atoms with Gasteiger partial charge in [-0.2, -0.15) is 10.2 Å². The molecule has 1 saturated carbocycles. The molecule has 0 radical (unpaired) electrons. The van der Waals surface area contributed by atoms with E-state index in [9.17, 15) is 9.59 Å². The molecule has 0 bridgehead atoms. The van der Waals surface area contributed by atoms with Crippen LogP contribution in [0, 0.1) is 0 Å². The fourth-order valence-corrected chi connectivity index (χ4v) is 11.1. The first-order valence-electron chi connectivity index (χ1n) is 26.0. The van der Waals surface area contributed by atoms with E-state index in [0.29, 0.717) is 42.4 Å². The average Bonchev–Trinajstić information content (AvgIpc) is 4.06. The van der Waals surface area contributed by atoms with Gasteiger partial charge in [0.05, 0.1) is 35.4 Å². The molecule has 0 amide bonds. The van der Waals surface area contributed by atoms with Gasteiger partial charge in [-0.15, -0.1) is 10.2 Å². The maximum Gasteiger partial charge on any atom is 0.511 e. The molecule has 4 aromatic heterocycles. The summed E-state index contributed by atoms with van der Waals surface area (Å²) in [6.07, 6.45) is 12.9. The van der Waals surface area contributed by atoms with Crippen molar-refractivity contribution in [1.82, 2.24) is 45.0 Å².